The van der Waals surface area contributed by atoms with E-state index >= 15 is 0 Å². The molecule has 1 aromatic heterocycles. The van der Waals surface area contributed by atoms with Crippen molar-refractivity contribution in [1.82, 2.24) is 0 Å². The van der Waals surface area contributed by atoms with Crippen molar-refractivity contribution in [3.8, 4) is 5.75 Å². The van der Waals surface area contributed by atoms with Gasteiger partial charge in [-0.15, -0.1) is 24.0 Å². The number of rotatable bonds is 2. The number of hydrogen-bond donors (Lipinski definition) is 1. The van der Waals surface area contributed by atoms with Crippen molar-refractivity contribution in [2.75, 3.05) is 6.61 Å². The molecule has 0 spiro atoms. The Bertz CT molecular complexity index is 464. The highest BCUT2D eigenvalue weighted by atomic mass is 35.5. The second-order valence-corrected chi connectivity index (χ2v) is 4.57. The normalized spacial score (nSPS) is 10.8. The number of thiophene rings is 1. The first kappa shape index (κ1) is 10.1. The fourth-order valence-electron chi connectivity index (χ4n) is 1.34. The first-order chi connectivity index (χ1) is 6.74. The molecule has 1 heterocycles. The Morgan fingerprint density at radius 2 is 2.29 bits per heavy atom. The number of thiol groups is 1. The van der Waals surface area contributed by atoms with Crippen molar-refractivity contribution < 1.29 is 4.74 Å². The molecule has 0 amide bonds. The van der Waals surface area contributed by atoms with Gasteiger partial charge < -0.3 is 4.74 Å². The summed E-state index contributed by atoms with van der Waals surface area (Å²) < 4.78 is 6.59. The lowest BCUT2D eigenvalue weighted by Crippen LogP contribution is -1.91. The van der Waals surface area contributed by atoms with Crippen LogP contribution >= 0.6 is 35.6 Å². The number of ether oxygens (including phenoxy) is 1. The summed E-state index contributed by atoms with van der Waals surface area (Å²) in [6, 6.07) is 3.84. The first-order valence-corrected chi connectivity index (χ1v) is 5.96. The maximum Gasteiger partial charge on any atom is 0.129 e. The predicted octanol–water partition coefficient (Wildman–Crippen LogP) is 4.24. The van der Waals surface area contributed by atoms with Crippen LogP contribution in [0.15, 0.2) is 22.4 Å². The van der Waals surface area contributed by atoms with Gasteiger partial charge in [0.2, 0.25) is 0 Å². The minimum absolute atomic E-state index is 0.646. The van der Waals surface area contributed by atoms with Gasteiger partial charge in [0.1, 0.15) is 5.75 Å². The lowest BCUT2D eigenvalue weighted by atomic mass is 10.2. The number of hydrogen-bond acceptors (Lipinski definition) is 3. The second kappa shape index (κ2) is 4.01. The zero-order valence-electron chi connectivity index (χ0n) is 7.58. The van der Waals surface area contributed by atoms with E-state index in [1.807, 2.05) is 24.4 Å². The molecule has 4 heteroatoms. The van der Waals surface area contributed by atoms with Crippen LogP contribution in [0.5, 0.6) is 5.75 Å². The molecule has 0 fully saturated rings. The first-order valence-electron chi connectivity index (χ1n) is 4.25. The molecule has 0 unspecified atom stereocenters. The van der Waals surface area contributed by atoms with Crippen LogP contribution in [-0.4, -0.2) is 6.61 Å². The van der Waals surface area contributed by atoms with E-state index in [2.05, 4.69) is 12.6 Å². The SMILES string of the molecule is CCOc1ccc(S)c2scc(Cl)c12. The molecule has 0 aliphatic heterocycles. The molecule has 0 saturated heterocycles. The third kappa shape index (κ3) is 1.60. The molecule has 2 rings (SSSR count). The van der Waals surface area contributed by atoms with E-state index in [-0.39, 0.29) is 0 Å². The molecule has 1 nitrogen and oxygen atoms in total. The lowest BCUT2D eigenvalue weighted by Gasteiger charge is -2.05. The third-order valence-electron chi connectivity index (χ3n) is 1.92. The Balaban J connectivity index is 2.72. The zero-order valence-corrected chi connectivity index (χ0v) is 10.0. The Hall–Kier alpha value is -0.380. The van der Waals surface area contributed by atoms with Gasteiger partial charge in [0.05, 0.1) is 21.7 Å². The van der Waals surface area contributed by atoms with Gasteiger partial charge in [0.15, 0.2) is 0 Å². The fourth-order valence-corrected chi connectivity index (χ4v) is 2.92. The van der Waals surface area contributed by atoms with Gasteiger partial charge >= 0.3 is 0 Å². The Morgan fingerprint density at radius 3 is 3.00 bits per heavy atom. The van der Waals surface area contributed by atoms with Crippen LogP contribution in [0.3, 0.4) is 0 Å². The second-order valence-electron chi connectivity index (χ2n) is 2.80. The number of halogens is 1. The van der Waals surface area contributed by atoms with Crippen molar-refractivity contribution >= 4 is 45.7 Å². The summed E-state index contributed by atoms with van der Waals surface area (Å²) >= 11 is 12.0. The van der Waals surface area contributed by atoms with E-state index in [4.69, 9.17) is 16.3 Å². The van der Waals surface area contributed by atoms with Crippen molar-refractivity contribution in [2.45, 2.75) is 11.8 Å². The molecular weight excluding hydrogens is 236 g/mol. The van der Waals surface area contributed by atoms with Crippen LogP contribution in [0.4, 0.5) is 0 Å². The molecule has 0 aliphatic carbocycles. The van der Waals surface area contributed by atoms with Crippen LogP contribution in [0.25, 0.3) is 10.1 Å². The topological polar surface area (TPSA) is 9.23 Å². The quantitative estimate of drug-likeness (QED) is 0.778. The van der Waals surface area contributed by atoms with Crippen molar-refractivity contribution in [3.63, 3.8) is 0 Å². The smallest absolute Gasteiger partial charge is 0.129 e. The molecule has 0 N–H and O–H groups in total. The highest BCUT2D eigenvalue weighted by Crippen LogP contribution is 2.40. The average Bonchev–Trinajstić information content (AvgIpc) is 2.55. The summed E-state index contributed by atoms with van der Waals surface area (Å²) in [5.41, 5.74) is 0. The van der Waals surface area contributed by atoms with Crippen molar-refractivity contribution in [2.24, 2.45) is 0 Å². The number of benzene rings is 1. The minimum atomic E-state index is 0.646. The zero-order chi connectivity index (χ0) is 10.1. The highest BCUT2D eigenvalue weighted by molar-refractivity contribution is 7.80. The molecule has 0 atom stereocenters. The molecule has 0 saturated carbocycles. The Kier molecular flexibility index (Phi) is 2.91. The van der Waals surface area contributed by atoms with Gasteiger partial charge in [-0.25, -0.2) is 0 Å². The maximum absolute atomic E-state index is 6.08. The van der Waals surface area contributed by atoms with Crippen LogP contribution in [0, 0.1) is 0 Å². The van der Waals surface area contributed by atoms with Crippen LogP contribution in [-0.2, 0) is 0 Å². The highest BCUT2D eigenvalue weighted by Gasteiger charge is 2.10. The van der Waals surface area contributed by atoms with E-state index in [0.717, 1.165) is 25.8 Å². The standard InChI is InChI=1S/C10H9ClOS2/c1-2-12-7-3-4-8(13)10-9(7)6(11)5-14-10/h3-5,13H,2H2,1H3. The Morgan fingerprint density at radius 1 is 1.50 bits per heavy atom. The van der Waals surface area contributed by atoms with Crippen molar-refractivity contribution in [3.05, 3.63) is 22.5 Å². The largest absolute Gasteiger partial charge is 0.493 e. The molecule has 1 aromatic carbocycles. The van der Waals surface area contributed by atoms with Crippen LogP contribution in [0.2, 0.25) is 5.02 Å². The monoisotopic (exact) mass is 244 g/mol. The molecule has 2 aromatic rings. The van der Waals surface area contributed by atoms with E-state index in [0.29, 0.717) is 6.61 Å². The summed E-state index contributed by atoms with van der Waals surface area (Å²) in [5, 5.41) is 3.63. The summed E-state index contributed by atoms with van der Waals surface area (Å²) in [7, 11) is 0. The Labute approximate surface area is 97.1 Å². The van der Waals surface area contributed by atoms with Crippen LogP contribution in [0.1, 0.15) is 6.92 Å². The molecular formula is C10H9ClOS2. The molecule has 14 heavy (non-hydrogen) atoms. The van der Waals surface area contributed by atoms with E-state index in [1.54, 1.807) is 11.3 Å². The summed E-state index contributed by atoms with van der Waals surface area (Å²) in [6.45, 7) is 2.61. The van der Waals surface area contributed by atoms with E-state index in [9.17, 15) is 0 Å². The molecule has 74 valence electrons. The fraction of sp³-hybridized carbons (Fsp3) is 0.200. The van der Waals surface area contributed by atoms with Gasteiger partial charge in [-0.2, -0.15) is 0 Å². The predicted molar refractivity (Wildman–Crippen MR) is 65.3 cm³/mol. The minimum Gasteiger partial charge on any atom is -0.493 e. The van der Waals surface area contributed by atoms with Crippen molar-refractivity contribution in [1.29, 1.82) is 0 Å². The van der Waals surface area contributed by atoms with Crippen LogP contribution < -0.4 is 4.74 Å². The van der Waals surface area contributed by atoms with E-state index in [1.165, 1.54) is 0 Å². The van der Waals surface area contributed by atoms with Gasteiger partial charge in [0.25, 0.3) is 0 Å². The van der Waals surface area contributed by atoms with E-state index < -0.39 is 0 Å². The van der Waals surface area contributed by atoms with Gasteiger partial charge in [0, 0.05) is 10.3 Å². The summed E-state index contributed by atoms with van der Waals surface area (Å²) in [6.07, 6.45) is 0. The van der Waals surface area contributed by atoms with Gasteiger partial charge in [-0.1, -0.05) is 11.6 Å². The number of fused-ring (bicyclic) bond motifs is 1. The third-order valence-corrected chi connectivity index (χ3v) is 3.88. The molecule has 0 aliphatic rings. The van der Waals surface area contributed by atoms with Gasteiger partial charge in [-0.3, -0.25) is 0 Å². The molecule has 0 radical (unpaired) electrons. The maximum atomic E-state index is 6.08. The average molecular weight is 245 g/mol. The van der Waals surface area contributed by atoms with Gasteiger partial charge in [-0.05, 0) is 19.1 Å². The molecule has 0 bridgehead atoms. The lowest BCUT2D eigenvalue weighted by molar-refractivity contribution is 0.344. The summed E-state index contributed by atoms with van der Waals surface area (Å²) in [4.78, 5) is 0.945. The summed E-state index contributed by atoms with van der Waals surface area (Å²) in [5.74, 6) is 0.839.